The molecule has 27 heavy (non-hydrogen) atoms. The van der Waals surface area contributed by atoms with E-state index < -0.39 is 12.1 Å². The van der Waals surface area contributed by atoms with Crippen LogP contribution in [0.25, 0.3) is 17.5 Å². The topological polar surface area (TPSA) is 89.0 Å². The summed E-state index contributed by atoms with van der Waals surface area (Å²) in [5.74, 6) is -0.598. The van der Waals surface area contributed by atoms with E-state index >= 15 is 0 Å². The third-order valence-electron chi connectivity index (χ3n) is 3.62. The molecule has 0 aliphatic carbocycles. The fourth-order valence-corrected chi connectivity index (χ4v) is 2.20. The predicted molar refractivity (Wildman–Crippen MR) is 94.4 cm³/mol. The van der Waals surface area contributed by atoms with Gasteiger partial charge in [0.05, 0.1) is 11.6 Å². The molecule has 3 aromatic rings. The molecule has 0 unspecified atom stereocenters. The molecule has 0 saturated heterocycles. The number of nitriles is 1. The van der Waals surface area contributed by atoms with Gasteiger partial charge in [0, 0.05) is 11.6 Å². The first-order valence-corrected chi connectivity index (χ1v) is 8.03. The molecule has 0 fully saturated rings. The van der Waals surface area contributed by atoms with Crippen LogP contribution < -0.4 is 0 Å². The van der Waals surface area contributed by atoms with E-state index in [9.17, 15) is 9.18 Å². The molecule has 1 aromatic heterocycles. The number of carbonyl (C=O) groups is 1. The fourth-order valence-electron chi connectivity index (χ4n) is 2.20. The number of halogens is 1. The summed E-state index contributed by atoms with van der Waals surface area (Å²) < 4.78 is 23.7. The molecule has 134 valence electrons. The van der Waals surface area contributed by atoms with Gasteiger partial charge in [-0.15, -0.1) is 10.2 Å². The van der Waals surface area contributed by atoms with E-state index in [4.69, 9.17) is 14.4 Å². The maximum atomic E-state index is 13.0. The molecule has 0 N–H and O–H groups in total. The van der Waals surface area contributed by atoms with Crippen molar-refractivity contribution in [3.63, 3.8) is 0 Å². The number of ether oxygens (including phenoxy) is 1. The molecule has 0 spiro atoms. The molecule has 6 nitrogen and oxygen atoms in total. The molecular formula is C20H14FN3O3. The number of hydrogen-bond donors (Lipinski definition) is 0. The van der Waals surface area contributed by atoms with Crippen LogP contribution >= 0.6 is 0 Å². The number of hydrogen-bond acceptors (Lipinski definition) is 6. The van der Waals surface area contributed by atoms with Gasteiger partial charge in [-0.1, -0.05) is 12.1 Å². The van der Waals surface area contributed by atoms with Crippen molar-refractivity contribution in [3.8, 4) is 17.5 Å². The minimum atomic E-state index is -0.746. The normalized spacial score (nSPS) is 11.9. The van der Waals surface area contributed by atoms with Gasteiger partial charge in [-0.2, -0.15) is 5.26 Å². The fraction of sp³-hybridized carbons (Fsp3) is 0.100. The van der Waals surface area contributed by atoms with Crippen LogP contribution in [0.1, 0.15) is 30.0 Å². The molecule has 2 aromatic carbocycles. The molecule has 0 aliphatic heterocycles. The summed E-state index contributed by atoms with van der Waals surface area (Å²) in [7, 11) is 0. The maximum Gasteiger partial charge on any atom is 0.331 e. The van der Waals surface area contributed by atoms with Crippen LogP contribution in [0.15, 0.2) is 59.0 Å². The quantitative estimate of drug-likeness (QED) is 0.501. The van der Waals surface area contributed by atoms with Crippen molar-refractivity contribution in [2.75, 3.05) is 0 Å². The zero-order valence-electron chi connectivity index (χ0n) is 14.3. The van der Waals surface area contributed by atoms with Crippen LogP contribution in [0.2, 0.25) is 0 Å². The van der Waals surface area contributed by atoms with E-state index in [1.165, 1.54) is 30.3 Å². The van der Waals surface area contributed by atoms with Gasteiger partial charge in [0.1, 0.15) is 5.82 Å². The predicted octanol–water partition coefficient (Wildman–Crippen LogP) is 4.06. The largest absolute Gasteiger partial charge is 0.449 e. The Balaban J connectivity index is 1.62. The van der Waals surface area contributed by atoms with Gasteiger partial charge in [0.2, 0.25) is 5.89 Å². The minimum Gasteiger partial charge on any atom is -0.449 e. The first kappa shape index (κ1) is 18.0. The molecule has 0 amide bonds. The average Bonchev–Trinajstić information content (AvgIpc) is 3.18. The molecule has 1 heterocycles. The van der Waals surface area contributed by atoms with Crippen LogP contribution in [-0.4, -0.2) is 16.2 Å². The number of carbonyl (C=O) groups excluding carboxylic acids is 1. The van der Waals surface area contributed by atoms with Gasteiger partial charge < -0.3 is 9.15 Å². The Morgan fingerprint density at radius 3 is 2.56 bits per heavy atom. The molecule has 1 atom stereocenters. The van der Waals surface area contributed by atoms with Crippen molar-refractivity contribution in [2.24, 2.45) is 0 Å². The zero-order valence-corrected chi connectivity index (χ0v) is 14.3. The van der Waals surface area contributed by atoms with Gasteiger partial charge in [0.15, 0.2) is 6.10 Å². The lowest BCUT2D eigenvalue weighted by atomic mass is 10.1. The Morgan fingerprint density at radius 2 is 1.89 bits per heavy atom. The van der Waals surface area contributed by atoms with E-state index in [0.717, 1.165) is 5.56 Å². The SMILES string of the molecule is C[C@@H](OC(=O)/C=C/c1ccc(C#N)cc1)c1nnc(-c2ccc(F)cc2)o1. The molecule has 0 saturated carbocycles. The third kappa shape index (κ3) is 4.64. The Morgan fingerprint density at radius 1 is 1.19 bits per heavy atom. The van der Waals surface area contributed by atoms with Crippen molar-refractivity contribution in [1.29, 1.82) is 5.26 Å². The van der Waals surface area contributed by atoms with Gasteiger partial charge in [-0.05, 0) is 55.0 Å². The van der Waals surface area contributed by atoms with Crippen LogP contribution in [0.4, 0.5) is 4.39 Å². The highest BCUT2D eigenvalue weighted by atomic mass is 19.1. The molecule has 7 heteroatoms. The zero-order chi connectivity index (χ0) is 19.2. The summed E-state index contributed by atoms with van der Waals surface area (Å²) in [6.45, 7) is 1.61. The van der Waals surface area contributed by atoms with Crippen molar-refractivity contribution >= 4 is 12.0 Å². The number of nitrogens with zero attached hydrogens (tertiary/aromatic N) is 3. The van der Waals surface area contributed by atoms with Crippen molar-refractivity contribution in [2.45, 2.75) is 13.0 Å². The second kappa shape index (κ2) is 8.06. The smallest absolute Gasteiger partial charge is 0.331 e. The van der Waals surface area contributed by atoms with Crippen molar-refractivity contribution in [3.05, 3.63) is 77.4 Å². The van der Waals surface area contributed by atoms with Gasteiger partial charge in [-0.25, -0.2) is 9.18 Å². The Hall–Kier alpha value is -3.79. The van der Waals surface area contributed by atoms with E-state index in [-0.39, 0.29) is 17.6 Å². The van der Waals surface area contributed by atoms with E-state index in [0.29, 0.717) is 11.1 Å². The number of aromatic nitrogens is 2. The Bertz CT molecular complexity index is 1000. The number of benzene rings is 2. The first-order valence-electron chi connectivity index (χ1n) is 8.03. The highest BCUT2D eigenvalue weighted by Crippen LogP contribution is 2.22. The molecule has 0 aliphatic rings. The number of esters is 1. The van der Waals surface area contributed by atoms with Crippen LogP contribution in [0.5, 0.6) is 0 Å². The van der Waals surface area contributed by atoms with Crippen LogP contribution in [-0.2, 0) is 9.53 Å². The Labute approximate surface area is 154 Å². The highest BCUT2D eigenvalue weighted by Gasteiger charge is 2.18. The van der Waals surface area contributed by atoms with E-state index in [1.807, 2.05) is 6.07 Å². The summed E-state index contributed by atoms with van der Waals surface area (Å²) in [5, 5.41) is 16.5. The lowest BCUT2D eigenvalue weighted by Crippen LogP contribution is -2.06. The molecule has 0 bridgehead atoms. The first-order chi connectivity index (χ1) is 13.0. The van der Waals surface area contributed by atoms with Crippen molar-refractivity contribution in [1.82, 2.24) is 10.2 Å². The molecule has 3 rings (SSSR count). The average molecular weight is 363 g/mol. The summed E-state index contributed by atoms with van der Waals surface area (Å²) >= 11 is 0. The van der Waals surface area contributed by atoms with E-state index in [2.05, 4.69) is 10.2 Å². The second-order valence-corrected chi connectivity index (χ2v) is 5.60. The number of rotatable bonds is 5. The third-order valence-corrected chi connectivity index (χ3v) is 3.62. The van der Waals surface area contributed by atoms with Crippen molar-refractivity contribution < 1.29 is 18.3 Å². The second-order valence-electron chi connectivity index (χ2n) is 5.60. The lowest BCUT2D eigenvalue weighted by molar-refractivity contribution is -0.143. The standard InChI is InChI=1S/C20H14FN3O3/c1-13(19-23-24-20(27-19)16-7-9-17(21)10-8-16)26-18(25)11-6-14-2-4-15(12-22)5-3-14/h2-11,13H,1H3/b11-6+/t13-/m1/s1. The minimum absolute atomic E-state index is 0.134. The van der Waals surface area contributed by atoms with Gasteiger partial charge in [0.25, 0.3) is 5.89 Å². The van der Waals surface area contributed by atoms with E-state index in [1.54, 1.807) is 37.3 Å². The monoisotopic (exact) mass is 363 g/mol. The maximum absolute atomic E-state index is 13.0. The lowest BCUT2D eigenvalue weighted by Gasteiger charge is -2.06. The highest BCUT2D eigenvalue weighted by molar-refractivity contribution is 5.87. The summed E-state index contributed by atoms with van der Waals surface area (Å²) in [6, 6.07) is 14.4. The van der Waals surface area contributed by atoms with Crippen LogP contribution in [0, 0.1) is 17.1 Å². The summed E-state index contributed by atoms with van der Waals surface area (Å²) in [6.07, 6.45) is 2.10. The summed E-state index contributed by atoms with van der Waals surface area (Å²) in [4.78, 5) is 11.9. The molecule has 0 radical (unpaired) electrons. The molecular weight excluding hydrogens is 349 g/mol. The van der Waals surface area contributed by atoms with Gasteiger partial charge in [-0.3, -0.25) is 0 Å². The van der Waals surface area contributed by atoms with Crippen LogP contribution in [0.3, 0.4) is 0 Å². The summed E-state index contributed by atoms with van der Waals surface area (Å²) in [5.41, 5.74) is 1.86. The Kier molecular flexibility index (Phi) is 5.38. The van der Waals surface area contributed by atoms with Gasteiger partial charge >= 0.3 is 5.97 Å².